The zero-order chi connectivity index (χ0) is 19.9. The second-order valence-electron chi connectivity index (χ2n) is 7.61. The second-order valence-corrected chi connectivity index (χ2v) is 7.61. The van der Waals surface area contributed by atoms with Crippen molar-refractivity contribution in [2.75, 3.05) is 19.6 Å². The number of likely N-dealkylation sites (tertiary alicyclic amines) is 1. The summed E-state index contributed by atoms with van der Waals surface area (Å²) in [5, 5.41) is 13.3. The fourth-order valence-corrected chi connectivity index (χ4v) is 4.18. The number of amides is 2. The van der Waals surface area contributed by atoms with Crippen LogP contribution in [0.1, 0.15) is 35.4 Å². The van der Waals surface area contributed by atoms with Gasteiger partial charge in [0, 0.05) is 30.9 Å². The first-order chi connectivity index (χ1) is 13.4. The number of rotatable bonds is 2. The third kappa shape index (κ3) is 3.07. The minimum absolute atomic E-state index is 0.178. The van der Waals surface area contributed by atoms with Crippen molar-refractivity contribution in [3.05, 3.63) is 41.5 Å². The molecular weight excluding hydrogens is 363 g/mol. The summed E-state index contributed by atoms with van der Waals surface area (Å²) in [6.07, 6.45) is 0.936. The quantitative estimate of drug-likeness (QED) is 0.731. The molecule has 8 heteroatoms. The van der Waals surface area contributed by atoms with Gasteiger partial charge >= 0.3 is 0 Å². The highest BCUT2D eigenvalue weighted by Crippen LogP contribution is 2.37. The average Bonchev–Trinajstić information content (AvgIpc) is 3.08. The monoisotopic (exact) mass is 386 g/mol. The Hall–Kier alpha value is -2.74. The fraction of sp³-hybridized carbons (Fsp3) is 0.450. The number of piperidine rings is 2. The Labute approximate surface area is 162 Å². The van der Waals surface area contributed by atoms with Gasteiger partial charge in [0.05, 0.1) is 11.5 Å². The molecule has 0 aliphatic carbocycles. The van der Waals surface area contributed by atoms with Gasteiger partial charge in [-0.05, 0) is 50.5 Å². The van der Waals surface area contributed by atoms with Crippen molar-refractivity contribution in [2.24, 2.45) is 5.41 Å². The topological polar surface area (TPSA) is 98.3 Å². The van der Waals surface area contributed by atoms with Gasteiger partial charge in [0.1, 0.15) is 17.3 Å². The van der Waals surface area contributed by atoms with Gasteiger partial charge in [-0.2, -0.15) is 0 Å². The van der Waals surface area contributed by atoms with E-state index in [4.69, 9.17) is 0 Å². The van der Waals surface area contributed by atoms with E-state index < -0.39 is 11.5 Å². The van der Waals surface area contributed by atoms with E-state index in [2.05, 4.69) is 15.3 Å². The van der Waals surface area contributed by atoms with Gasteiger partial charge in [-0.1, -0.05) is 0 Å². The summed E-state index contributed by atoms with van der Waals surface area (Å²) in [4.78, 5) is 34.7. The molecule has 1 aromatic heterocycles. The van der Waals surface area contributed by atoms with Crippen LogP contribution in [0.4, 0.5) is 4.39 Å². The van der Waals surface area contributed by atoms with Crippen molar-refractivity contribution < 1.29 is 19.1 Å². The molecular formula is C20H23FN4O3. The van der Waals surface area contributed by atoms with Crippen molar-refractivity contribution in [1.82, 2.24) is 20.2 Å². The van der Waals surface area contributed by atoms with Crippen LogP contribution in [0.25, 0.3) is 11.4 Å². The van der Waals surface area contributed by atoms with E-state index in [1.54, 1.807) is 24.0 Å². The molecule has 3 N–H and O–H groups in total. The molecule has 2 atom stereocenters. The molecule has 1 spiro atoms. The Morgan fingerprint density at radius 3 is 2.82 bits per heavy atom. The molecule has 0 bridgehead atoms. The number of imidazole rings is 1. The average molecular weight is 386 g/mol. The van der Waals surface area contributed by atoms with E-state index in [0.29, 0.717) is 43.0 Å². The number of aliphatic hydroxyl groups excluding tert-OH is 1. The van der Waals surface area contributed by atoms with Gasteiger partial charge in [0.2, 0.25) is 5.91 Å². The standard InChI is InChI=1S/C20H23FN4O3/c1-12-16(24-17(23-12)13-3-5-14(21)6-4-13)18(27)25-10-7-15(26)20(11-25)8-2-9-22-19(20)28/h3-6,15,26H,2,7-11H2,1H3,(H,22,28)(H,23,24)/t15-,20+/m0/s1. The van der Waals surface area contributed by atoms with Crippen LogP contribution >= 0.6 is 0 Å². The molecule has 2 aliphatic rings. The van der Waals surface area contributed by atoms with Crippen molar-refractivity contribution in [1.29, 1.82) is 0 Å². The molecule has 148 valence electrons. The van der Waals surface area contributed by atoms with E-state index in [1.165, 1.54) is 12.1 Å². The molecule has 0 radical (unpaired) electrons. The Bertz CT molecular complexity index is 911. The maximum Gasteiger partial charge on any atom is 0.274 e. The molecule has 0 unspecified atom stereocenters. The number of aliphatic hydroxyl groups is 1. The Morgan fingerprint density at radius 2 is 2.11 bits per heavy atom. The SMILES string of the molecule is Cc1[nH]c(-c2ccc(F)cc2)nc1C(=O)N1CC[C@H](O)[C@@]2(CCCNC2=O)C1. The lowest BCUT2D eigenvalue weighted by molar-refractivity contribution is -0.147. The van der Waals surface area contributed by atoms with Gasteiger partial charge in [-0.25, -0.2) is 9.37 Å². The van der Waals surface area contributed by atoms with Gasteiger partial charge in [0.15, 0.2) is 0 Å². The molecule has 3 heterocycles. The van der Waals surface area contributed by atoms with Crippen molar-refractivity contribution in [3.8, 4) is 11.4 Å². The molecule has 2 aliphatic heterocycles. The van der Waals surface area contributed by atoms with E-state index in [0.717, 1.165) is 6.42 Å². The first kappa shape index (κ1) is 18.6. The number of nitrogens with one attached hydrogen (secondary N) is 2. The number of hydrogen-bond acceptors (Lipinski definition) is 4. The summed E-state index contributed by atoms with van der Waals surface area (Å²) in [6.45, 7) is 2.90. The first-order valence-electron chi connectivity index (χ1n) is 9.49. The summed E-state index contributed by atoms with van der Waals surface area (Å²) < 4.78 is 13.2. The fourth-order valence-electron chi connectivity index (χ4n) is 4.18. The first-order valence-corrected chi connectivity index (χ1v) is 9.49. The number of hydrogen-bond donors (Lipinski definition) is 3. The number of carbonyl (C=O) groups excluding carboxylic acids is 2. The Morgan fingerprint density at radius 1 is 1.36 bits per heavy atom. The molecule has 1 aromatic carbocycles. The van der Waals surface area contributed by atoms with Crippen molar-refractivity contribution in [3.63, 3.8) is 0 Å². The highest BCUT2D eigenvalue weighted by molar-refractivity contribution is 5.95. The predicted octanol–water partition coefficient (Wildman–Crippen LogP) is 1.63. The summed E-state index contributed by atoms with van der Waals surface area (Å²) in [5.74, 6) is -0.310. The number of benzene rings is 1. The van der Waals surface area contributed by atoms with E-state index in [-0.39, 0.29) is 29.9 Å². The third-order valence-corrected chi connectivity index (χ3v) is 5.81. The maximum absolute atomic E-state index is 13.2. The van der Waals surface area contributed by atoms with Gasteiger partial charge in [-0.3, -0.25) is 9.59 Å². The highest BCUT2D eigenvalue weighted by atomic mass is 19.1. The summed E-state index contributed by atoms with van der Waals surface area (Å²) in [6, 6.07) is 5.87. The molecule has 7 nitrogen and oxygen atoms in total. The van der Waals surface area contributed by atoms with Crippen LogP contribution < -0.4 is 5.32 Å². The molecule has 2 aromatic rings. The third-order valence-electron chi connectivity index (χ3n) is 5.81. The van der Waals surface area contributed by atoms with Crippen LogP contribution in [-0.2, 0) is 4.79 Å². The normalized spacial score (nSPS) is 25.0. The van der Waals surface area contributed by atoms with Crippen LogP contribution in [0.5, 0.6) is 0 Å². The minimum atomic E-state index is -0.948. The lowest BCUT2D eigenvalue weighted by atomic mass is 9.71. The molecule has 28 heavy (non-hydrogen) atoms. The van der Waals surface area contributed by atoms with Crippen LogP contribution in [0.15, 0.2) is 24.3 Å². The van der Waals surface area contributed by atoms with Crippen LogP contribution in [0.2, 0.25) is 0 Å². The number of aryl methyl sites for hydroxylation is 1. The van der Waals surface area contributed by atoms with Crippen LogP contribution in [0.3, 0.4) is 0 Å². The Kier molecular flexibility index (Phi) is 4.66. The summed E-state index contributed by atoms with van der Waals surface area (Å²) in [7, 11) is 0. The minimum Gasteiger partial charge on any atom is -0.392 e. The molecule has 0 saturated carbocycles. The number of halogens is 1. The number of aromatic amines is 1. The Balaban J connectivity index is 1.59. The van der Waals surface area contributed by atoms with Crippen LogP contribution in [-0.4, -0.2) is 57.5 Å². The van der Waals surface area contributed by atoms with E-state index in [1.807, 2.05) is 0 Å². The lowest BCUT2D eigenvalue weighted by Gasteiger charge is -2.46. The van der Waals surface area contributed by atoms with Gasteiger partial charge in [0.25, 0.3) is 5.91 Å². The lowest BCUT2D eigenvalue weighted by Crippen LogP contribution is -2.62. The van der Waals surface area contributed by atoms with Crippen molar-refractivity contribution >= 4 is 11.8 Å². The van der Waals surface area contributed by atoms with Gasteiger partial charge < -0.3 is 20.3 Å². The van der Waals surface area contributed by atoms with Gasteiger partial charge in [-0.15, -0.1) is 0 Å². The molecule has 2 saturated heterocycles. The number of H-pyrrole nitrogens is 1. The smallest absolute Gasteiger partial charge is 0.274 e. The van der Waals surface area contributed by atoms with Crippen LogP contribution in [0, 0.1) is 18.2 Å². The zero-order valence-corrected chi connectivity index (χ0v) is 15.7. The zero-order valence-electron chi connectivity index (χ0n) is 15.7. The number of carbonyl (C=O) groups is 2. The maximum atomic E-state index is 13.2. The van der Waals surface area contributed by atoms with Crippen molar-refractivity contribution in [2.45, 2.75) is 32.3 Å². The molecule has 2 fully saturated rings. The number of aromatic nitrogens is 2. The predicted molar refractivity (Wildman–Crippen MR) is 99.9 cm³/mol. The van der Waals surface area contributed by atoms with E-state index in [9.17, 15) is 19.1 Å². The molecule has 2 amide bonds. The molecule has 4 rings (SSSR count). The largest absolute Gasteiger partial charge is 0.392 e. The summed E-state index contributed by atoms with van der Waals surface area (Å²) >= 11 is 0. The highest BCUT2D eigenvalue weighted by Gasteiger charge is 2.50. The second kappa shape index (κ2) is 7.01. The van der Waals surface area contributed by atoms with E-state index >= 15 is 0 Å². The number of nitrogens with zero attached hydrogens (tertiary/aromatic N) is 2. The summed E-state index contributed by atoms with van der Waals surface area (Å²) in [5.41, 5.74) is 0.622.